The third kappa shape index (κ3) is 4.94. The molecule has 3 aromatic rings. The number of benzene rings is 2. The van der Waals surface area contributed by atoms with Crippen molar-refractivity contribution in [3.05, 3.63) is 36.4 Å². The van der Waals surface area contributed by atoms with Crippen LogP contribution in [-0.2, 0) is 19.6 Å². The van der Waals surface area contributed by atoms with Crippen molar-refractivity contribution < 1.29 is 36.7 Å². The molecule has 1 aromatic heterocycles. The minimum Gasteiger partial charge on any atom is -0.480 e. The fraction of sp³-hybridized carbons (Fsp3) is 0.300. The average Bonchev–Trinajstić information content (AvgIpc) is 3.07. The highest BCUT2D eigenvalue weighted by atomic mass is 32.2. The number of alkyl halides is 1. The number of furan rings is 1. The number of ether oxygens (including phenoxy) is 1. The quantitative estimate of drug-likeness (QED) is 0.476. The summed E-state index contributed by atoms with van der Waals surface area (Å²) in [6.45, 7) is 2.05. The number of hydrogen-bond acceptors (Lipinski definition) is 6. The number of aliphatic carboxylic acids is 1. The van der Waals surface area contributed by atoms with Crippen molar-refractivity contribution in [3.63, 3.8) is 0 Å². The number of carbonyl (C=O) groups excluding carboxylic acids is 1. The molecule has 3 N–H and O–H groups in total. The van der Waals surface area contributed by atoms with E-state index in [0.29, 0.717) is 22.0 Å². The monoisotopic (exact) mass is 452 g/mol. The highest BCUT2D eigenvalue weighted by Crippen LogP contribution is 2.32. The minimum atomic E-state index is -4.11. The Balaban J connectivity index is 1.92. The van der Waals surface area contributed by atoms with Crippen molar-refractivity contribution in [3.8, 4) is 0 Å². The number of carboxylic acid groups (broad SMARTS) is 1. The molecular formula is C20H21FN2O7S. The Labute approximate surface area is 177 Å². The van der Waals surface area contributed by atoms with Crippen molar-refractivity contribution in [2.24, 2.45) is 5.92 Å². The Bertz CT molecular complexity index is 1240. The van der Waals surface area contributed by atoms with Crippen LogP contribution in [0.1, 0.15) is 13.8 Å². The summed E-state index contributed by atoms with van der Waals surface area (Å²) in [6.07, 6.45) is -0.814. The standard InChI is InChI=1S/C20H21FN2O7S/c1-11(2)18(19(24)25)23-31(27,28)13-4-6-15-14-5-3-12(22-20(26)29-8-7-21)9-16(14)30-17(15)10-13/h3-6,9-11,18,23H,7-8H2,1-2H3,(H,22,26)(H,24,25)/t18-/m0/s1. The molecule has 0 aliphatic carbocycles. The molecule has 1 atom stereocenters. The first-order valence-corrected chi connectivity index (χ1v) is 10.8. The Hall–Kier alpha value is -3.18. The zero-order valence-corrected chi connectivity index (χ0v) is 17.5. The maximum Gasteiger partial charge on any atom is 0.411 e. The van der Waals surface area contributed by atoms with Crippen LogP contribution in [0.15, 0.2) is 45.7 Å². The number of rotatable bonds is 8. The molecule has 0 saturated carbocycles. The van der Waals surface area contributed by atoms with Crippen LogP contribution in [0.3, 0.4) is 0 Å². The van der Waals surface area contributed by atoms with Crippen LogP contribution in [0.25, 0.3) is 21.9 Å². The van der Waals surface area contributed by atoms with E-state index < -0.39 is 40.7 Å². The number of hydrogen-bond donors (Lipinski definition) is 3. The number of anilines is 1. The lowest BCUT2D eigenvalue weighted by molar-refractivity contribution is -0.140. The van der Waals surface area contributed by atoms with Gasteiger partial charge in [-0.1, -0.05) is 13.8 Å². The smallest absolute Gasteiger partial charge is 0.411 e. The Morgan fingerprint density at radius 2 is 1.77 bits per heavy atom. The summed E-state index contributed by atoms with van der Waals surface area (Å²) < 4.78 is 50.0. The number of amides is 1. The van der Waals surface area contributed by atoms with E-state index in [9.17, 15) is 27.5 Å². The van der Waals surface area contributed by atoms with Gasteiger partial charge in [-0.25, -0.2) is 17.6 Å². The fourth-order valence-electron chi connectivity index (χ4n) is 2.99. The van der Waals surface area contributed by atoms with Crippen molar-refractivity contribution >= 4 is 49.7 Å². The van der Waals surface area contributed by atoms with Gasteiger partial charge in [-0.05, 0) is 30.2 Å². The lowest BCUT2D eigenvalue weighted by Gasteiger charge is -2.17. The normalized spacial score (nSPS) is 12.9. The number of halogens is 1. The van der Waals surface area contributed by atoms with E-state index in [2.05, 4.69) is 14.8 Å². The van der Waals surface area contributed by atoms with Crippen molar-refractivity contribution in [1.82, 2.24) is 4.72 Å². The van der Waals surface area contributed by atoms with Gasteiger partial charge in [0.15, 0.2) is 0 Å². The van der Waals surface area contributed by atoms with E-state index in [1.165, 1.54) is 18.2 Å². The second-order valence-corrected chi connectivity index (χ2v) is 8.82. The maximum atomic E-state index is 12.7. The molecular weight excluding hydrogens is 431 g/mol. The highest BCUT2D eigenvalue weighted by molar-refractivity contribution is 7.89. The summed E-state index contributed by atoms with van der Waals surface area (Å²) in [5.41, 5.74) is 1.00. The molecule has 0 radical (unpaired) electrons. The van der Waals surface area contributed by atoms with Crippen molar-refractivity contribution in [2.45, 2.75) is 24.8 Å². The van der Waals surface area contributed by atoms with Gasteiger partial charge in [0.05, 0.1) is 4.90 Å². The number of carbonyl (C=O) groups is 2. The van der Waals surface area contributed by atoms with E-state index in [1.54, 1.807) is 32.0 Å². The van der Waals surface area contributed by atoms with Gasteiger partial charge in [-0.3, -0.25) is 10.1 Å². The van der Waals surface area contributed by atoms with Crippen LogP contribution < -0.4 is 10.0 Å². The largest absolute Gasteiger partial charge is 0.480 e. The van der Waals surface area contributed by atoms with Crippen LogP contribution in [-0.4, -0.2) is 44.9 Å². The molecule has 11 heteroatoms. The number of nitrogens with one attached hydrogen (secondary N) is 2. The molecule has 0 saturated heterocycles. The average molecular weight is 452 g/mol. The van der Waals surface area contributed by atoms with E-state index in [4.69, 9.17) is 4.42 Å². The third-order valence-corrected chi connectivity index (χ3v) is 5.97. The molecule has 31 heavy (non-hydrogen) atoms. The van der Waals surface area contributed by atoms with Gasteiger partial charge >= 0.3 is 12.1 Å². The van der Waals surface area contributed by atoms with Gasteiger partial charge in [0.25, 0.3) is 0 Å². The van der Waals surface area contributed by atoms with Gasteiger partial charge in [0, 0.05) is 28.6 Å². The second kappa shape index (κ2) is 8.90. The van der Waals surface area contributed by atoms with Crippen molar-refractivity contribution in [1.29, 1.82) is 0 Å². The predicted molar refractivity (Wildman–Crippen MR) is 111 cm³/mol. The first kappa shape index (κ1) is 22.5. The summed E-state index contributed by atoms with van der Waals surface area (Å²) in [7, 11) is -4.11. The first-order valence-electron chi connectivity index (χ1n) is 9.33. The predicted octanol–water partition coefficient (Wildman–Crippen LogP) is 3.49. The molecule has 0 aliphatic heterocycles. The summed E-state index contributed by atoms with van der Waals surface area (Å²) in [5, 5.41) is 13.0. The Morgan fingerprint density at radius 1 is 1.13 bits per heavy atom. The Morgan fingerprint density at radius 3 is 2.39 bits per heavy atom. The summed E-state index contributed by atoms with van der Waals surface area (Å²) >= 11 is 0. The fourth-order valence-corrected chi connectivity index (χ4v) is 4.35. The van der Waals surface area contributed by atoms with Crippen LogP contribution in [0.4, 0.5) is 14.9 Å². The molecule has 0 bridgehead atoms. The molecule has 1 heterocycles. The van der Waals surface area contributed by atoms with Crippen LogP contribution in [0.2, 0.25) is 0 Å². The van der Waals surface area contributed by atoms with Crippen LogP contribution >= 0.6 is 0 Å². The van der Waals surface area contributed by atoms with Gasteiger partial charge in [-0.15, -0.1) is 0 Å². The lowest BCUT2D eigenvalue weighted by Crippen LogP contribution is -2.44. The van der Waals surface area contributed by atoms with Gasteiger partial charge in [-0.2, -0.15) is 4.72 Å². The SMILES string of the molecule is CC(C)[C@H](NS(=O)(=O)c1ccc2c(c1)oc1cc(NC(=O)OCCF)ccc12)C(=O)O. The van der Waals surface area contributed by atoms with E-state index in [1.807, 2.05) is 0 Å². The molecule has 0 fully saturated rings. The molecule has 9 nitrogen and oxygen atoms in total. The molecule has 3 rings (SSSR count). The maximum absolute atomic E-state index is 12.7. The lowest BCUT2D eigenvalue weighted by atomic mass is 10.1. The van der Waals surface area contributed by atoms with Gasteiger partial charge in [0.1, 0.15) is 30.5 Å². The third-order valence-electron chi connectivity index (χ3n) is 4.53. The first-order chi connectivity index (χ1) is 14.6. The number of sulfonamides is 1. The van der Waals surface area contributed by atoms with E-state index in [0.717, 1.165) is 0 Å². The van der Waals surface area contributed by atoms with Crippen LogP contribution in [0, 0.1) is 5.92 Å². The molecule has 2 aromatic carbocycles. The molecule has 1 amide bonds. The zero-order valence-electron chi connectivity index (χ0n) is 16.7. The molecule has 0 aliphatic rings. The van der Waals surface area contributed by atoms with E-state index in [-0.39, 0.29) is 17.1 Å². The van der Waals surface area contributed by atoms with Crippen LogP contribution in [0.5, 0.6) is 0 Å². The summed E-state index contributed by atoms with van der Waals surface area (Å²) in [4.78, 5) is 22.8. The zero-order chi connectivity index (χ0) is 22.8. The second-order valence-electron chi connectivity index (χ2n) is 7.10. The van der Waals surface area contributed by atoms with Gasteiger partial charge < -0.3 is 14.3 Å². The Kier molecular flexibility index (Phi) is 6.46. The topological polar surface area (TPSA) is 135 Å². The van der Waals surface area contributed by atoms with E-state index >= 15 is 0 Å². The highest BCUT2D eigenvalue weighted by Gasteiger charge is 2.28. The van der Waals surface area contributed by atoms with Crippen molar-refractivity contribution in [2.75, 3.05) is 18.6 Å². The number of fused-ring (bicyclic) bond motifs is 3. The summed E-state index contributed by atoms with van der Waals surface area (Å²) in [5.74, 6) is -1.72. The number of carboxylic acids is 1. The molecule has 0 spiro atoms. The van der Waals surface area contributed by atoms with Gasteiger partial charge in [0.2, 0.25) is 10.0 Å². The molecule has 166 valence electrons. The summed E-state index contributed by atoms with van der Waals surface area (Å²) in [6, 6.07) is 7.75. The molecule has 0 unspecified atom stereocenters. The minimum absolute atomic E-state index is 0.140.